The van der Waals surface area contributed by atoms with E-state index in [2.05, 4.69) is 4.98 Å². The average Bonchev–Trinajstić information content (AvgIpc) is 2.57. The number of nitrogens with two attached hydrogens (primary N) is 1. The molecule has 0 bridgehead atoms. The number of fused-ring (bicyclic) bond motifs is 1. The van der Waals surface area contributed by atoms with Crippen molar-refractivity contribution in [3.05, 3.63) is 74.0 Å². The maximum atomic E-state index is 12.7. The number of carbonyl (C=O) groups excluding carboxylic acids is 1. The van der Waals surface area contributed by atoms with Gasteiger partial charge in [-0.1, -0.05) is 29.8 Å². The lowest BCUT2D eigenvalue weighted by molar-refractivity contribution is -0.118. The normalized spacial score (nSPS) is 10.9. The predicted molar refractivity (Wildman–Crippen MR) is 90.0 cm³/mol. The summed E-state index contributed by atoms with van der Waals surface area (Å²) < 4.78 is 2.12. The Balaban J connectivity index is 2.28. The van der Waals surface area contributed by atoms with Crippen molar-refractivity contribution >= 4 is 28.5 Å². The van der Waals surface area contributed by atoms with Crippen molar-refractivity contribution in [1.82, 2.24) is 14.1 Å². The van der Waals surface area contributed by atoms with Gasteiger partial charge in [-0.05, 0) is 23.8 Å². The van der Waals surface area contributed by atoms with Gasteiger partial charge in [0.25, 0.3) is 5.56 Å². The first-order chi connectivity index (χ1) is 11.5. The van der Waals surface area contributed by atoms with Crippen LogP contribution in [0.2, 0.25) is 5.02 Å². The Labute approximate surface area is 140 Å². The summed E-state index contributed by atoms with van der Waals surface area (Å²) in [5, 5.41) is 0.668. The lowest BCUT2D eigenvalue weighted by Crippen LogP contribution is -2.42. The van der Waals surface area contributed by atoms with Crippen LogP contribution in [0.5, 0.6) is 0 Å². The molecule has 2 heterocycles. The van der Waals surface area contributed by atoms with Crippen molar-refractivity contribution in [2.24, 2.45) is 5.73 Å². The zero-order valence-electron chi connectivity index (χ0n) is 12.5. The molecule has 0 aliphatic carbocycles. The van der Waals surface area contributed by atoms with E-state index >= 15 is 0 Å². The minimum atomic E-state index is -0.702. The third-order valence-electron chi connectivity index (χ3n) is 3.58. The van der Waals surface area contributed by atoms with E-state index in [0.717, 1.165) is 9.13 Å². The van der Waals surface area contributed by atoms with Crippen LogP contribution in [0.1, 0.15) is 5.56 Å². The molecule has 0 radical (unpaired) electrons. The number of carbonyl (C=O) groups is 1. The molecule has 0 aliphatic heterocycles. The Kier molecular flexibility index (Phi) is 4.18. The topological polar surface area (TPSA) is 100.0 Å². The van der Waals surface area contributed by atoms with Gasteiger partial charge in [-0.15, -0.1) is 0 Å². The molecule has 0 spiro atoms. The van der Waals surface area contributed by atoms with Crippen molar-refractivity contribution in [2.75, 3.05) is 0 Å². The van der Waals surface area contributed by atoms with Crippen LogP contribution in [-0.4, -0.2) is 20.0 Å². The summed E-state index contributed by atoms with van der Waals surface area (Å²) in [5.41, 5.74) is 4.80. The Bertz CT molecular complexity index is 1060. The summed E-state index contributed by atoms with van der Waals surface area (Å²) in [6.07, 6.45) is 1.44. The third-order valence-corrected chi connectivity index (χ3v) is 3.95. The molecular formula is C16H13ClN4O3. The van der Waals surface area contributed by atoms with E-state index in [1.54, 1.807) is 36.4 Å². The molecule has 1 aromatic carbocycles. The van der Waals surface area contributed by atoms with E-state index < -0.39 is 17.2 Å². The Morgan fingerprint density at radius 3 is 2.58 bits per heavy atom. The fourth-order valence-electron chi connectivity index (χ4n) is 2.48. The number of primary amides is 1. The second-order valence-corrected chi connectivity index (χ2v) is 5.60. The molecule has 7 nitrogen and oxygen atoms in total. The first kappa shape index (κ1) is 15.9. The molecule has 2 aromatic heterocycles. The van der Waals surface area contributed by atoms with Crippen molar-refractivity contribution in [3.63, 3.8) is 0 Å². The molecule has 0 saturated heterocycles. The molecule has 24 heavy (non-hydrogen) atoms. The molecule has 0 fully saturated rings. The Morgan fingerprint density at radius 2 is 1.88 bits per heavy atom. The van der Waals surface area contributed by atoms with Gasteiger partial charge in [0.2, 0.25) is 5.91 Å². The molecule has 0 unspecified atom stereocenters. The predicted octanol–water partition coefficient (Wildman–Crippen LogP) is 0.745. The average molecular weight is 345 g/mol. The van der Waals surface area contributed by atoms with Crippen molar-refractivity contribution in [1.29, 1.82) is 0 Å². The second kappa shape index (κ2) is 6.29. The highest BCUT2D eigenvalue weighted by Gasteiger charge is 2.16. The zero-order valence-corrected chi connectivity index (χ0v) is 13.2. The summed E-state index contributed by atoms with van der Waals surface area (Å²) in [5.74, 6) is -0.702. The van der Waals surface area contributed by atoms with Gasteiger partial charge in [0, 0.05) is 11.2 Å². The van der Waals surface area contributed by atoms with Crippen LogP contribution in [0.15, 0.2) is 52.2 Å². The van der Waals surface area contributed by atoms with Gasteiger partial charge >= 0.3 is 5.69 Å². The highest BCUT2D eigenvalue weighted by molar-refractivity contribution is 6.31. The summed E-state index contributed by atoms with van der Waals surface area (Å²) >= 11 is 6.11. The minimum absolute atomic E-state index is 0.0130. The van der Waals surface area contributed by atoms with Gasteiger partial charge < -0.3 is 5.73 Å². The third kappa shape index (κ3) is 2.81. The van der Waals surface area contributed by atoms with Crippen molar-refractivity contribution in [2.45, 2.75) is 13.1 Å². The fraction of sp³-hybridized carbons (Fsp3) is 0.125. The van der Waals surface area contributed by atoms with Crippen LogP contribution in [-0.2, 0) is 17.9 Å². The molecule has 3 rings (SSSR count). The molecule has 0 saturated carbocycles. The van der Waals surface area contributed by atoms with Crippen LogP contribution < -0.4 is 17.0 Å². The standard InChI is InChI=1S/C16H13ClN4O3/c17-12-6-2-1-4-10(12)8-21-15(23)11-5-3-7-19-14(11)20(16(21)24)9-13(18)22/h1-7H,8-9H2,(H2,18,22). The summed E-state index contributed by atoms with van der Waals surface area (Å²) in [6, 6.07) is 10.0. The van der Waals surface area contributed by atoms with E-state index in [-0.39, 0.29) is 24.1 Å². The van der Waals surface area contributed by atoms with Gasteiger partial charge in [0.15, 0.2) is 0 Å². The SMILES string of the molecule is NC(=O)Cn1c(=O)n(Cc2ccccc2Cl)c(=O)c2cccnc21. The van der Waals surface area contributed by atoms with E-state index in [0.29, 0.717) is 10.6 Å². The number of hydrogen-bond donors (Lipinski definition) is 1. The quantitative estimate of drug-likeness (QED) is 0.754. The van der Waals surface area contributed by atoms with Crippen LogP contribution >= 0.6 is 11.6 Å². The van der Waals surface area contributed by atoms with Gasteiger partial charge in [-0.2, -0.15) is 0 Å². The van der Waals surface area contributed by atoms with Gasteiger partial charge in [-0.3, -0.25) is 18.7 Å². The fourth-order valence-corrected chi connectivity index (χ4v) is 2.68. The van der Waals surface area contributed by atoms with E-state index in [9.17, 15) is 14.4 Å². The first-order valence-electron chi connectivity index (χ1n) is 7.09. The van der Waals surface area contributed by atoms with Gasteiger partial charge in [0.1, 0.15) is 12.2 Å². The van der Waals surface area contributed by atoms with E-state index in [1.165, 1.54) is 6.20 Å². The lowest BCUT2D eigenvalue weighted by Gasteiger charge is -2.12. The summed E-state index contributed by atoms with van der Waals surface area (Å²) in [4.78, 5) is 40.7. The second-order valence-electron chi connectivity index (χ2n) is 5.19. The number of nitrogens with zero attached hydrogens (tertiary/aromatic N) is 3. The van der Waals surface area contributed by atoms with Crippen LogP contribution in [0.4, 0.5) is 0 Å². The molecular weight excluding hydrogens is 332 g/mol. The number of benzene rings is 1. The highest BCUT2D eigenvalue weighted by Crippen LogP contribution is 2.15. The molecule has 122 valence electrons. The number of amides is 1. The zero-order chi connectivity index (χ0) is 17.3. The lowest BCUT2D eigenvalue weighted by atomic mass is 10.2. The number of halogens is 1. The Hall–Kier alpha value is -2.93. The molecule has 3 aromatic rings. The largest absolute Gasteiger partial charge is 0.368 e. The molecule has 1 amide bonds. The molecule has 2 N–H and O–H groups in total. The van der Waals surface area contributed by atoms with Crippen molar-refractivity contribution in [3.8, 4) is 0 Å². The van der Waals surface area contributed by atoms with Crippen LogP contribution in [0.25, 0.3) is 11.0 Å². The number of aromatic nitrogens is 3. The number of rotatable bonds is 4. The molecule has 0 atom stereocenters. The van der Waals surface area contributed by atoms with Crippen molar-refractivity contribution < 1.29 is 4.79 Å². The van der Waals surface area contributed by atoms with E-state index in [1.807, 2.05) is 0 Å². The summed E-state index contributed by atoms with van der Waals surface area (Å²) in [6.45, 7) is -0.379. The molecule has 8 heteroatoms. The monoisotopic (exact) mass is 344 g/mol. The maximum Gasteiger partial charge on any atom is 0.333 e. The number of pyridine rings is 1. The first-order valence-corrected chi connectivity index (χ1v) is 7.47. The molecule has 0 aliphatic rings. The maximum absolute atomic E-state index is 12.7. The highest BCUT2D eigenvalue weighted by atomic mass is 35.5. The van der Waals surface area contributed by atoms with Gasteiger partial charge in [-0.25, -0.2) is 9.78 Å². The smallest absolute Gasteiger partial charge is 0.333 e. The number of hydrogen-bond acceptors (Lipinski definition) is 4. The minimum Gasteiger partial charge on any atom is -0.368 e. The van der Waals surface area contributed by atoms with Crippen LogP contribution in [0.3, 0.4) is 0 Å². The van der Waals surface area contributed by atoms with Gasteiger partial charge in [0.05, 0.1) is 11.9 Å². The summed E-state index contributed by atoms with van der Waals surface area (Å²) in [7, 11) is 0. The Morgan fingerprint density at radius 1 is 1.12 bits per heavy atom. The van der Waals surface area contributed by atoms with E-state index in [4.69, 9.17) is 17.3 Å². The van der Waals surface area contributed by atoms with Crippen LogP contribution in [0, 0.1) is 0 Å².